The summed E-state index contributed by atoms with van der Waals surface area (Å²) in [7, 11) is 0. The second-order valence-electron chi connectivity index (χ2n) is 8.60. The van der Waals surface area contributed by atoms with Gasteiger partial charge in [0.2, 0.25) is 0 Å². The van der Waals surface area contributed by atoms with E-state index in [2.05, 4.69) is 11.1 Å². The van der Waals surface area contributed by atoms with Crippen molar-refractivity contribution in [3.63, 3.8) is 0 Å². The molecule has 1 spiro atoms. The summed E-state index contributed by atoms with van der Waals surface area (Å²) in [5.41, 5.74) is 2.74. The van der Waals surface area contributed by atoms with Crippen LogP contribution in [0.5, 0.6) is 5.75 Å². The third kappa shape index (κ3) is 2.84. The first-order chi connectivity index (χ1) is 15.1. The average molecular weight is 410 g/mol. The lowest BCUT2D eigenvalue weighted by molar-refractivity contribution is 0.0485. The molecule has 2 aliphatic heterocycles. The van der Waals surface area contributed by atoms with Gasteiger partial charge in [0, 0.05) is 29.3 Å². The number of benzene rings is 3. The summed E-state index contributed by atoms with van der Waals surface area (Å²) in [6.45, 7) is 1.21. The highest BCUT2D eigenvalue weighted by Crippen LogP contribution is 2.39. The third-order valence-electron chi connectivity index (χ3n) is 6.72. The number of H-pyrrole nitrogens is 1. The summed E-state index contributed by atoms with van der Waals surface area (Å²) >= 11 is 0. The molecule has 0 radical (unpaired) electrons. The zero-order valence-corrected chi connectivity index (χ0v) is 17.1. The fraction of sp³-hybridized carbons (Fsp3) is 0.231. The van der Waals surface area contributed by atoms with E-state index < -0.39 is 0 Å². The highest BCUT2D eigenvalue weighted by Gasteiger charge is 2.44. The van der Waals surface area contributed by atoms with Crippen LogP contribution in [0.2, 0.25) is 0 Å². The summed E-state index contributed by atoms with van der Waals surface area (Å²) in [5, 5.41) is 1.18. The van der Waals surface area contributed by atoms with Crippen LogP contribution in [0.15, 0.2) is 71.5 Å². The van der Waals surface area contributed by atoms with Crippen LogP contribution in [0.1, 0.15) is 28.8 Å². The van der Waals surface area contributed by atoms with Gasteiger partial charge in [0.15, 0.2) is 5.43 Å². The first-order valence-corrected chi connectivity index (χ1v) is 10.7. The number of ether oxygens (including phenoxy) is 1. The average Bonchev–Trinajstić information content (AvgIpc) is 3.21. The number of amides is 1. The van der Waals surface area contributed by atoms with E-state index in [0.29, 0.717) is 34.9 Å². The summed E-state index contributed by atoms with van der Waals surface area (Å²) in [6.07, 6.45) is 2.69. The van der Waals surface area contributed by atoms with Gasteiger partial charge in [-0.15, -0.1) is 0 Å². The van der Waals surface area contributed by atoms with E-state index in [-0.39, 0.29) is 16.9 Å². The van der Waals surface area contributed by atoms with Crippen molar-refractivity contribution in [1.82, 2.24) is 9.88 Å². The zero-order chi connectivity index (χ0) is 21.0. The topological polar surface area (TPSA) is 62.4 Å². The quantitative estimate of drug-likeness (QED) is 0.476. The van der Waals surface area contributed by atoms with Crippen molar-refractivity contribution in [3.8, 4) is 5.75 Å². The van der Waals surface area contributed by atoms with Crippen molar-refractivity contribution in [2.75, 3.05) is 13.1 Å². The van der Waals surface area contributed by atoms with Crippen LogP contribution < -0.4 is 10.2 Å². The monoisotopic (exact) mass is 410 g/mol. The van der Waals surface area contributed by atoms with Gasteiger partial charge in [-0.25, -0.2) is 0 Å². The number of nitrogens with zero attached hydrogens (tertiary/aromatic N) is 1. The van der Waals surface area contributed by atoms with E-state index in [1.807, 2.05) is 47.4 Å². The van der Waals surface area contributed by atoms with E-state index >= 15 is 0 Å². The number of nitrogens with one attached hydrogen (secondary N) is 1. The molecule has 154 valence electrons. The highest BCUT2D eigenvalue weighted by atomic mass is 16.5. The smallest absolute Gasteiger partial charge is 0.256 e. The highest BCUT2D eigenvalue weighted by molar-refractivity contribution is 6.07. The molecule has 6 rings (SSSR count). The van der Waals surface area contributed by atoms with Crippen molar-refractivity contribution in [1.29, 1.82) is 0 Å². The van der Waals surface area contributed by atoms with Crippen molar-refractivity contribution in [3.05, 3.63) is 88.1 Å². The summed E-state index contributed by atoms with van der Waals surface area (Å²) in [6, 6.07) is 20.9. The molecule has 3 aromatic carbocycles. The van der Waals surface area contributed by atoms with Crippen LogP contribution in [0.3, 0.4) is 0 Å². The van der Waals surface area contributed by atoms with Crippen LogP contribution >= 0.6 is 0 Å². The molecular weight excluding hydrogens is 388 g/mol. The van der Waals surface area contributed by atoms with Gasteiger partial charge in [0.25, 0.3) is 5.91 Å². The van der Waals surface area contributed by atoms with E-state index in [1.54, 1.807) is 18.2 Å². The lowest BCUT2D eigenvalue weighted by atomic mass is 9.90. The van der Waals surface area contributed by atoms with Gasteiger partial charge in [0.1, 0.15) is 11.4 Å². The molecule has 1 N–H and O–H groups in total. The number of fused-ring (bicyclic) bond motifs is 3. The Morgan fingerprint density at radius 1 is 0.935 bits per heavy atom. The minimum Gasteiger partial charge on any atom is -0.485 e. The fourth-order valence-electron chi connectivity index (χ4n) is 5.06. The Kier molecular flexibility index (Phi) is 3.93. The SMILES string of the molecule is O=C(c1cccc2c(=O)c3ccccc3[nH]c12)N1CCC2(CCc3ccccc3O2)C1. The molecule has 0 bridgehead atoms. The maximum Gasteiger partial charge on any atom is 0.256 e. The number of rotatable bonds is 1. The number of aromatic nitrogens is 1. The Bertz CT molecular complexity index is 1410. The number of para-hydroxylation sites is 3. The lowest BCUT2D eigenvalue weighted by Gasteiger charge is -2.35. The van der Waals surface area contributed by atoms with Gasteiger partial charge in [-0.1, -0.05) is 36.4 Å². The van der Waals surface area contributed by atoms with E-state index in [4.69, 9.17) is 4.74 Å². The van der Waals surface area contributed by atoms with E-state index in [9.17, 15) is 9.59 Å². The summed E-state index contributed by atoms with van der Waals surface area (Å²) in [5.74, 6) is 0.875. The minimum absolute atomic E-state index is 0.0517. The van der Waals surface area contributed by atoms with Gasteiger partial charge in [0.05, 0.1) is 17.6 Å². The molecule has 1 aromatic heterocycles. The first kappa shape index (κ1) is 18.2. The number of likely N-dealkylation sites (tertiary alicyclic amines) is 1. The second kappa shape index (κ2) is 6.71. The van der Waals surface area contributed by atoms with Gasteiger partial charge in [-0.05, 0) is 48.7 Å². The zero-order valence-electron chi connectivity index (χ0n) is 17.1. The molecule has 0 saturated carbocycles. The molecule has 5 heteroatoms. The van der Waals surface area contributed by atoms with Crippen molar-refractivity contribution in [2.24, 2.45) is 0 Å². The Morgan fingerprint density at radius 3 is 2.68 bits per heavy atom. The molecule has 5 nitrogen and oxygen atoms in total. The molecule has 3 heterocycles. The number of aryl methyl sites for hydroxylation is 1. The van der Waals surface area contributed by atoms with Crippen molar-refractivity contribution in [2.45, 2.75) is 24.9 Å². The van der Waals surface area contributed by atoms with Crippen molar-refractivity contribution < 1.29 is 9.53 Å². The lowest BCUT2D eigenvalue weighted by Crippen LogP contribution is -2.43. The van der Waals surface area contributed by atoms with Crippen LogP contribution in [0, 0.1) is 0 Å². The predicted octanol–water partition coefficient (Wildman–Crippen LogP) is 4.29. The molecule has 1 amide bonds. The van der Waals surface area contributed by atoms with E-state index in [0.717, 1.165) is 30.5 Å². The van der Waals surface area contributed by atoms with E-state index in [1.165, 1.54) is 5.56 Å². The number of carbonyl (C=O) groups is 1. The molecule has 1 fully saturated rings. The van der Waals surface area contributed by atoms with Gasteiger partial charge in [-0.3, -0.25) is 9.59 Å². The van der Waals surface area contributed by atoms with Crippen LogP contribution in [-0.2, 0) is 6.42 Å². The van der Waals surface area contributed by atoms with Crippen LogP contribution in [0.4, 0.5) is 0 Å². The Hall–Kier alpha value is -3.60. The number of pyridine rings is 1. The fourth-order valence-corrected chi connectivity index (χ4v) is 5.06. The largest absolute Gasteiger partial charge is 0.485 e. The molecule has 0 aliphatic carbocycles. The minimum atomic E-state index is -0.325. The third-order valence-corrected chi connectivity index (χ3v) is 6.72. The van der Waals surface area contributed by atoms with Crippen LogP contribution in [-0.4, -0.2) is 34.5 Å². The summed E-state index contributed by atoms with van der Waals surface area (Å²) in [4.78, 5) is 31.7. The normalized spacial score (nSPS) is 20.2. The molecule has 2 aliphatic rings. The van der Waals surface area contributed by atoms with Gasteiger partial charge < -0.3 is 14.6 Å². The standard InChI is InChI=1S/C26H22N2O3/c29-24-18-7-2-3-10-21(18)27-23-19(24)8-5-9-20(23)25(30)28-15-14-26(16-28)13-12-17-6-1-4-11-22(17)31-26/h1-11H,12-16H2,(H,27,29). The Labute approximate surface area is 179 Å². The molecule has 1 unspecified atom stereocenters. The maximum absolute atomic E-state index is 13.5. The molecule has 31 heavy (non-hydrogen) atoms. The molecule has 1 atom stereocenters. The van der Waals surface area contributed by atoms with Gasteiger partial charge >= 0.3 is 0 Å². The Morgan fingerprint density at radius 2 is 1.74 bits per heavy atom. The molecular formula is C26H22N2O3. The predicted molar refractivity (Wildman–Crippen MR) is 121 cm³/mol. The molecule has 4 aromatic rings. The second-order valence-corrected chi connectivity index (χ2v) is 8.60. The molecule has 1 saturated heterocycles. The number of hydrogen-bond donors (Lipinski definition) is 1. The van der Waals surface area contributed by atoms with Crippen LogP contribution in [0.25, 0.3) is 21.8 Å². The summed E-state index contributed by atoms with van der Waals surface area (Å²) < 4.78 is 6.41. The Balaban J connectivity index is 1.36. The van der Waals surface area contributed by atoms with Gasteiger partial charge in [-0.2, -0.15) is 0 Å². The number of hydrogen-bond acceptors (Lipinski definition) is 3. The number of carbonyl (C=O) groups excluding carboxylic acids is 1. The number of aromatic amines is 1. The maximum atomic E-state index is 13.5. The van der Waals surface area contributed by atoms with Crippen molar-refractivity contribution >= 4 is 27.7 Å². The first-order valence-electron chi connectivity index (χ1n) is 10.7.